The van der Waals surface area contributed by atoms with Crippen LogP contribution in [0.4, 0.5) is 0 Å². The molecule has 128 valence electrons. The minimum atomic E-state index is -0.182. The zero-order valence-electron chi connectivity index (χ0n) is 15.2. The van der Waals surface area contributed by atoms with Crippen LogP contribution in [0.2, 0.25) is 0 Å². The Labute approximate surface area is 153 Å². The van der Waals surface area contributed by atoms with Gasteiger partial charge in [0, 0.05) is 0 Å². The van der Waals surface area contributed by atoms with Crippen LogP contribution in [0.3, 0.4) is 0 Å². The highest BCUT2D eigenvalue weighted by Crippen LogP contribution is 2.43. The highest BCUT2D eigenvalue weighted by atomic mass is 31.1. The number of hydrogen-bond donors (Lipinski definition) is 0. The molecule has 3 rings (SSSR count). The molecule has 0 N–H and O–H groups in total. The predicted octanol–water partition coefficient (Wildman–Crippen LogP) is 6.40. The maximum atomic E-state index is 2.38. The van der Waals surface area contributed by atoms with Gasteiger partial charge in [0.15, 0.2) is 0 Å². The van der Waals surface area contributed by atoms with Crippen molar-refractivity contribution in [1.82, 2.24) is 0 Å². The SMILES string of the molecule is CC(CP(CC(C)c1ccccc1)c1ccccc1)c1ccccc1. The molecule has 0 aliphatic rings. The van der Waals surface area contributed by atoms with E-state index in [9.17, 15) is 0 Å². The van der Waals surface area contributed by atoms with Gasteiger partial charge in [-0.05, 0) is 40.6 Å². The lowest BCUT2D eigenvalue weighted by Gasteiger charge is -2.25. The molecule has 0 amide bonds. The maximum Gasteiger partial charge on any atom is -0.0148 e. The molecule has 0 aromatic heterocycles. The Kier molecular flexibility index (Phi) is 6.42. The van der Waals surface area contributed by atoms with E-state index in [0.717, 1.165) is 0 Å². The van der Waals surface area contributed by atoms with Crippen molar-refractivity contribution in [3.05, 3.63) is 102 Å². The zero-order chi connectivity index (χ0) is 17.5. The normalized spacial score (nSPS) is 14.6. The Morgan fingerprint density at radius 1 is 0.560 bits per heavy atom. The molecular weight excluding hydrogens is 319 g/mol. The first-order valence-electron chi connectivity index (χ1n) is 9.14. The summed E-state index contributed by atoms with van der Waals surface area (Å²) in [5, 5.41) is 1.53. The second-order valence-corrected chi connectivity index (χ2v) is 9.19. The van der Waals surface area contributed by atoms with Gasteiger partial charge in [0.05, 0.1) is 0 Å². The van der Waals surface area contributed by atoms with E-state index in [1.165, 1.54) is 28.8 Å². The van der Waals surface area contributed by atoms with E-state index in [-0.39, 0.29) is 7.92 Å². The molecule has 0 fully saturated rings. The first kappa shape index (κ1) is 17.9. The lowest BCUT2D eigenvalue weighted by atomic mass is 10.0. The third-order valence-electron chi connectivity index (χ3n) is 4.85. The largest absolute Gasteiger partial charge is 0.0741 e. The van der Waals surface area contributed by atoms with E-state index < -0.39 is 0 Å². The first-order valence-corrected chi connectivity index (χ1v) is 10.8. The topological polar surface area (TPSA) is 0 Å². The van der Waals surface area contributed by atoms with Gasteiger partial charge in [-0.1, -0.05) is 113 Å². The van der Waals surface area contributed by atoms with Crippen LogP contribution >= 0.6 is 7.92 Å². The molecule has 0 aliphatic carbocycles. The molecule has 2 unspecified atom stereocenters. The fraction of sp³-hybridized carbons (Fsp3) is 0.250. The fourth-order valence-electron chi connectivity index (χ4n) is 3.36. The molecule has 0 bridgehead atoms. The average molecular weight is 346 g/mol. The van der Waals surface area contributed by atoms with Crippen LogP contribution in [0, 0.1) is 0 Å². The zero-order valence-corrected chi connectivity index (χ0v) is 16.1. The monoisotopic (exact) mass is 346 g/mol. The van der Waals surface area contributed by atoms with E-state index in [2.05, 4.69) is 105 Å². The lowest BCUT2D eigenvalue weighted by Crippen LogP contribution is -2.13. The van der Waals surface area contributed by atoms with Crippen LogP contribution in [-0.4, -0.2) is 12.3 Å². The minimum absolute atomic E-state index is 0.182. The summed E-state index contributed by atoms with van der Waals surface area (Å²) in [5.41, 5.74) is 2.91. The van der Waals surface area contributed by atoms with E-state index in [1.807, 2.05) is 0 Å². The average Bonchev–Trinajstić information content (AvgIpc) is 2.69. The third kappa shape index (κ3) is 5.03. The molecule has 0 saturated heterocycles. The lowest BCUT2D eigenvalue weighted by molar-refractivity contribution is 0.848. The van der Waals surface area contributed by atoms with Gasteiger partial charge in [-0.2, -0.15) is 0 Å². The highest BCUT2D eigenvalue weighted by Gasteiger charge is 2.19. The second kappa shape index (κ2) is 8.97. The Bertz CT molecular complexity index is 689. The highest BCUT2D eigenvalue weighted by molar-refractivity contribution is 7.65. The molecule has 2 atom stereocenters. The van der Waals surface area contributed by atoms with Crippen LogP contribution in [0.5, 0.6) is 0 Å². The Balaban J connectivity index is 1.78. The van der Waals surface area contributed by atoms with Gasteiger partial charge in [0.1, 0.15) is 0 Å². The summed E-state index contributed by atoms with van der Waals surface area (Å²) < 4.78 is 0. The number of rotatable bonds is 7. The number of hydrogen-bond acceptors (Lipinski definition) is 0. The van der Waals surface area contributed by atoms with Gasteiger partial charge in [-0.25, -0.2) is 0 Å². The number of benzene rings is 3. The Morgan fingerprint density at radius 3 is 1.32 bits per heavy atom. The van der Waals surface area contributed by atoms with Crippen LogP contribution in [0.25, 0.3) is 0 Å². The quantitative estimate of drug-likeness (QED) is 0.434. The van der Waals surface area contributed by atoms with Crippen LogP contribution in [0.1, 0.15) is 36.8 Å². The standard InChI is InChI=1S/C24H27P/c1-20(22-12-6-3-7-13-22)18-25(24-16-10-5-11-17-24)19-21(2)23-14-8-4-9-15-23/h3-17,20-21H,18-19H2,1-2H3. The van der Waals surface area contributed by atoms with Crippen LogP contribution in [-0.2, 0) is 0 Å². The molecule has 3 aromatic rings. The first-order chi connectivity index (χ1) is 12.2. The van der Waals surface area contributed by atoms with Crippen LogP contribution in [0.15, 0.2) is 91.0 Å². The molecule has 0 spiro atoms. The summed E-state index contributed by atoms with van der Waals surface area (Å²) in [6.07, 6.45) is 2.50. The van der Waals surface area contributed by atoms with Crippen molar-refractivity contribution in [2.24, 2.45) is 0 Å². The van der Waals surface area contributed by atoms with Crippen molar-refractivity contribution in [2.75, 3.05) is 12.3 Å². The molecule has 25 heavy (non-hydrogen) atoms. The molecule has 3 aromatic carbocycles. The van der Waals surface area contributed by atoms with Gasteiger partial charge >= 0.3 is 0 Å². The summed E-state index contributed by atoms with van der Waals surface area (Å²) in [6, 6.07) is 33.0. The fourth-order valence-corrected chi connectivity index (χ4v) is 6.27. The van der Waals surface area contributed by atoms with Gasteiger partial charge in [-0.15, -0.1) is 0 Å². The minimum Gasteiger partial charge on any atom is -0.0741 e. The van der Waals surface area contributed by atoms with Gasteiger partial charge in [-0.3, -0.25) is 0 Å². The smallest absolute Gasteiger partial charge is 0.0148 e. The molecule has 0 heterocycles. The summed E-state index contributed by atoms with van der Waals surface area (Å²) in [5.74, 6) is 1.19. The summed E-state index contributed by atoms with van der Waals surface area (Å²) in [6.45, 7) is 4.75. The molecular formula is C24H27P. The van der Waals surface area contributed by atoms with E-state index in [4.69, 9.17) is 0 Å². The van der Waals surface area contributed by atoms with Crippen molar-refractivity contribution in [3.63, 3.8) is 0 Å². The van der Waals surface area contributed by atoms with E-state index in [1.54, 1.807) is 0 Å². The summed E-state index contributed by atoms with van der Waals surface area (Å²) in [7, 11) is -0.182. The van der Waals surface area contributed by atoms with Gasteiger partial charge in [0.25, 0.3) is 0 Å². The maximum absolute atomic E-state index is 2.38. The van der Waals surface area contributed by atoms with Gasteiger partial charge < -0.3 is 0 Å². The second-order valence-electron chi connectivity index (χ2n) is 6.86. The molecule has 0 saturated carbocycles. The third-order valence-corrected chi connectivity index (χ3v) is 7.85. The summed E-state index contributed by atoms with van der Waals surface area (Å²) in [4.78, 5) is 0. The van der Waals surface area contributed by atoms with Crippen molar-refractivity contribution < 1.29 is 0 Å². The van der Waals surface area contributed by atoms with E-state index >= 15 is 0 Å². The Hall–Kier alpha value is -1.91. The molecule has 1 heteroatoms. The van der Waals surface area contributed by atoms with Crippen molar-refractivity contribution >= 4 is 13.2 Å². The van der Waals surface area contributed by atoms with Crippen molar-refractivity contribution in [3.8, 4) is 0 Å². The summed E-state index contributed by atoms with van der Waals surface area (Å²) >= 11 is 0. The van der Waals surface area contributed by atoms with Gasteiger partial charge in [0.2, 0.25) is 0 Å². The van der Waals surface area contributed by atoms with Crippen LogP contribution < -0.4 is 5.30 Å². The predicted molar refractivity (Wildman–Crippen MR) is 112 cm³/mol. The molecule has 0 radical (unpaired) electrons. The molecule has 0 nitrogen and oxygen atoms in total. The van der Waals surface area contributed by atoms with Crippen molar-refractivity contribution in [2.45, 2.75) is 25.7 Å². The van der Waals surface area contributed by atoms with Crippen molar-refractivity contribution in [1.29, 1.82) is 0 Å². The molecule has 0 aliphatic heterocycles. The Morgan fingerprint density at radius 2 is 0.920 bits per heavy atom. The van der Waals surface area contributed by atoms with E-state index in [0.29, 0.717) is 11.8 Å².